The number of aromatic amines is 1. The zero-order valence-corrected chi connectivity index (χ0v) is 13.4. The third-order valence-electron chi connectivity index (χ3n) is 3.72. The van der Waals surface area contributed by atoms with Gasteiger partial charge in [0.2, 0.25) is 0 Å². The highest BCUT2D eigenvalue weighted by Crippen LogP contribution is 2.20. The molecule has 114 valence electrons. The molecule has 1 amide bonds. The number of nitrogens with one attached hydrogen (secondary N) is 3. The Kier molecular flexibility index (Phi) is 5.59. The van der Waals surface area contributed by atoms with E-state index in [-0.39, 0.29) is 29.8 Å². The molecule has 2 atom stereocenters. The van der Waals surface area contributed by atoms with E-state index in [0.29, 0.717) is 11.6 Å². The summed E-state index contributed by atoms with van der Waals surface area (Å²) in [4.78, 5) is 12.2. The van der Waals surface area contributed by atoms with E-state index in [1.807, 2.05) is 6.07 Å². The highest BCUT2D eigenvalue weighted by Gasteiger charge is 2.25. The lowest BCUT2D eigenvalue weighted by atomic mass is 9.92. The normalized spacial score (nSPS) is 23.0. The molecule has 0 aliphatic carbocycles. The van der Waals surface area contributed by atoms with E-state index in [4.69, 9.17) is 0 Å². The van der Waals surface area contributed by atoms with Crippen LogP contribution < -0.4 is 10.6 Å². The first-order chi connectivity index (χ1) is 8.88. The lowest BCUT2D eigenvalue weighted by Gasteiger charge is -2.29. The Morgan fingerprint density at radius 2 is 2.15 bits per heavy atom. The van der Waals surface area contributed by atoms with Crippen molar-refractivity contribution in [3.05, 3.63) is 17.5 Å². The highest BCUT2D eigenvalue weighted by atomic mass is 35.5. The highest BCUT2D eigenvalue weighted by molar-refractivity contribution is 5.92. The van der Waals surface area contributed by atoms with Crippen LogP contribution >= 0.6 is 12.4 Å². The van der Waals surface area contributed by atoms with Gasteiger partial charge in [-0.1, -0.05) is 27.7 Å². The van der Waals surface area contributed by atoms with Crippen molar-refractivity contribution in [1.29, 1.82) is 0 Å². The molecule has 3 N–H and O–H groups in total. The lowest BCUT2D eigenvalue weighted by Crippen LogP contribution is -2.48. The Balaban J connectivity index is 0.00000200. The maximum Gasteiger partial charge on any atom is 0.272 e. The van der Waals surface area contributed by atoms with Gasteiger partial charge in [0.25, 0.3) is 5.91 Å². The smallest absolute Gasteiger partial charge is 0.272 e. The van der Waals surface area contributed by atoms with Gasteiger partial charge >= 0.3 is 0 Å². The molecule has 0 radical (unpaired) electrons. The minimum Gasteiger partial charge on any atom is -0.348 e. The second-order valence-electron chi connectivity index (χ2n) is 6.47. The van der Waals surface area contributed by atoms with Crippen LogP contribution in [0.4, 0.5) is 0 Å². The molecule has 1 aromatic heterocycles. The summed E-state index contributed by atoms with van der Waals surface area (Å²) in [6.45, 7) is 10.4. The molecule has 1 aliphatic heterocycles. The maximum absolute atomic E-state index is 12.2. The molecule has 2 unspecified atom stereocenters. The van der Waals surface area contributed by atoms with E-state index in [1.54, 1.807) is 0 Å². The predicted octanol–water partition coefficient (Wildman–Crippen LogP) is 1.86. The van der Waals surface area contributed by atoms with Crippen LogP contribution in [-0.2, 0) is 5.41 Å². The van der Waals surface area contributed by atoms with Crippen LogP contribution in [0.1, 0.15) is 50.3 Å². The number of hydrogen-bond donors (Lipinski definition) is 3. The maximum atomic E-state index is 12.2. The van der Waals surface area contributed by atoms with Crippen molar-refractivity contribution in [3.8, 4) is 0 Å². The van der Waals surface area contributed by atoms with Crippen molar-refractivity contribution in [3.63, 3.8) is 0 Å². The van der Waals surface area contributed by atoms with E-state index in [2.05, 4.69) is 48.5 Å². The van der Waals surface area contributed by atoms with Crippen molar-refractivity contribution < 1.29 is 4.79 Å². The molecule has 0 aromatic carbocycles. The van der Waals surface area contributed by atoms with Crippen LogP contribution in [-0.4, -0.2) is 35.2 Å². The van der Waals surface area contributed by atoms with Crippen LogP contribution in [0.2, 0.25) is 0 Å². The minimum absolute atomic E-state index is 0. The first kappa shape index (κ1) is 17.0. The molecular formula is C14H25ClN4O. The summed E-state index contributed by atoms with van der Waals surface area (Å²) in [5.41, 5.74) is 1.44. The molecule has 1 fully saturated rings. The second-order valence-corrected chi connectivity index (χ2v) is 6.47. The fourth-order valence-corrected chi connectivity index (χ4v) is 2.29. The van der Waals surface area contributed by atoms with Crippen molar-refractivity contribution in [2.45, 2.75) is 45.6 Å². The molecule has 0 spiro atoms. The average molecular weight is 301 g/mol. The van der Waals surface area contributed by atoms with E-state index in [1.165, 1.54) is 0 Å². The zero-order valence-electron chi connectivity index (χ0n) is 12.6. The van der Waals surface area contributed by atoms with Crippen molar-refractivity contribution in [1.82, 2.24) is 20.8 Å². The van der Waals surface area contributed by atoms with E-state index < -0.39 is 0 Å². The van der Waals surface area contributed by atoms with Gasteiger partial charge in [0.1, 0.15) is 5.69 Å². The topological polar surface area (TPSA) is 69.8 Å². The molecule has 0 bridgehead atoms. The Morgan fingerprint density at radius 1 is 1.45 bits per heavy atom. The van der Waals surface area contributed by atoms with E-state index in [0.717, 1.165) is 25.2 Å². The summed E-state index contributed by atoms with van der Waals surface area (Å²) in [6, 6.07) is 2.09. The number of halogens is 1. The largest absolute Gasteiger partial charge is 0.348 e. The lowest BCUT2D eigenvalue weighted by molar-refractivity contribution is 0.0909. The number of carbonyl (C=O) groups excluding carboxylic acids is 1. The number of amides is 1. The molecule has 6 heteroatoms. The van der Waals surface area contributed by atoms with Crippen LogP contribution in [0, 0.1) is 5.92 Å². The Hall–Kier alpha value is -1.07. The number of aromatic nitrogens is 2. The first-order valence-electron chi connectivity index (χ1n) is 6.95. The predicted molar refractivity (Wildman–Crippen MR) is 82.4 cm³/mol. The number of piperidine rings is 1. The Bertz CT molecular complexity index is 452. The van der Waals surface area contributed by atoms with Crippen molar-refractivity contribution in [2.24, 2.45) is 5.92 Å². The molecule has 0 saturated carbocycles. The summed E-state index contributed by atoms with van der Waals surface area (Å²) in [7, 11) is 0. The standard InChI is InChI=1S/C14H24N4O.ClH/c1-9-8-15-6-5-10(9)16-13(19)11-7-12(18-17-11)14(2,3)4;/h7,9-10,15H,5-6,8H2,1-4H3,(H,16,19)(H,17,18);1H. The van der Waals surface area contributed by atoms with Gasteiger partial charge in [-0.3, -0.25) is 9.89 Å². The molecule has 1 saturated heterocycles. The van der Waals surface area contributed by atoms with Crippen LogP contribution in [0.25, 0.3) is 0 Å². The summed E-state index contributed by atoms with van der Waals surface area (Å²) >= 11 is 0. The Morgan fingerprint density at radius 3 is 2.70 bits per heavy atom. The van der Waals surface area contributed by atoms with Crippen LogP contribution in [0.5, 0.6) is 0 Å². The molecule has 5 nitrogen and oxygen atoms in total. The van der Waals surface area contributed by atoms with Gasteiger partial charge < -0.3 is 10.6 Å². The quantitative estimate of drug-likeness (QED) is 0.781. The first-order valence-corrected chi connectivity index (χ1v) is 6.95. The van der Waals surface area contributed by atoms with Gasteiger partial charge in [0, 0.05) is 17.2 Å². The van der Waals surface area contributed by atoms with E-state index in [9.17, 15) is 4.79 Å². The summed E-state index contributed by atoms with van der Waals surface area (Å²) < 4.78 is 0. The third kappa shape index (κ3) is 3.96. The molecular weight excluding hydrogens is 276 g/mol. The minimum atomic E-state index is -0.0782. The van der Waals surface area contributed by atoms with E-state index >= 15 is 0 Å². The summed E-state index contributed by atoms with van der Waals surface area (Å²) in [5, 5.41) is 13.5. The summed E-state index contributed by atoms with van der Waals surface area (Å²) in [6.07, 6.45) is 0.976. The third-order valence-corrected chi connectivity index (χ3v) is 3.72. The molecule has 1 aliphatic rings. The molecule has 2 heterocycles. The van der Waals surface area contributed by atoms with Gasteiger partial charge in [-0.25, -0.2) is 0 Å². The molecule has 1 aromatic rings. The van der Waals surface area contributed by atoms with Gasteiger partial charge in [0.05, 0.1) is 0 Å². The fourth-order valence-electron chi connectivity index (χ4n) is 2.29. The average Bonchev–Trinajstić information content (AvgIpc) is 2.81. The second kappa shape index (κ2) is 6.59. The van der Waals surface area contributed by atoms with Crippen molar-refractivity contribution >= 4 is 18.3 Å². The van der Waals surface area contributed by atoms with Gasteiger partial charge in [-0.15, -0.1) is 12.4 Å². The number of carbonyl (C=O) groups is 1. The number of H-pyrrole nitrogens is 1. The molecule has 20 heavy (non-hydrogen) atoms. The van der Waals surface area contributed by atoms with Gasteiger partial charge in [0.15, 0.2) is 0 Å². The Labute approximate surface area is 126 Å². The zero-order chi connectivity index (χ0) is 14.0. The van der Waals surface area contributed by atoms with Crippen LogP contribution in [0.3, 0.4) is 0 Å². The molecule has 2 rings (SSSR count). The number of rotatable bonds is 2. The fraction of sp³-hybridized carbons (Fsp3) is 0.714. The van der Waals surface area contributed by atoms with Gasteiger partial charge in [-0.05, 0) is 31.5 Å². The summed E-state index contributed by atoms with van der Waals surface area (Å²) in [5.74, 6) is 0.379. The van der Waals surface area contributed by atoms with Crippen LogP contribution in [0.15, 0.2) is 6.07 Å². The van der Waals surface area contributed by atoms with Gasteiger partial charge in [-0.2, -0.15) is 5.10 Å². The number of hydrogen-bond acceptors (Lipinski definition) is 3. The number of nitrogens with zero attached hydrogens (tertiary/aromatic N) is 1. The monoisotopic (exact) mass is 300 g/mol. The SMILES string of the molecule is CC1CNCCC1NC(=O)c1cc(C(C)(C)C)[nH]n1.Cl. The van der Waals surface area contributed by atoms with Crippen molar-refractivity contribution in [2.75, 3.05) is 13.1 Å².